The molecule has 0 amide bonds. The van der Waals surface area contributed by atoms with E-state index in [1.165, 1.54) is 0 Å². The van der Waals surface area contributed by atoms with Crippen LogP contribution in [0.1, 0.15) is 6.42 Å². The third-order valence-corrected chi connectivity index (χ3v) is 2.59. The van der Waals surface area contributed by atoms with E-state index in [-0.39, 0.29) is 0 Å². The Kier molecular flexibility index (Phi) is 4.78. The number of aliphatic carboxylic acids is 3. The molecule has 0 aromatic carbocycles. The average molecular weight is 302 g/mol. The second-order valence-corrected chi connectivity index (χ2v) is 4.62. The van der Waals surface area contributed by atoms with Crippen molar-refractivity contribution in [3.63, 3.8) is 0 Å². The summed E-state index contributed by atoms with van der Waals surface area (Å²) in [6, 6.07) is 0. The van der Waals surface area contributed by atoms with Gasteiger partial charge >= 0.3 is 25.7 Å². The zero-order chi connectivity index (χ0) is 15.6. The number of carbonyl (C=O) groups is 3. The molecule has 0 aliphatic heterocycles. The summed E-state index contributed by atoms with van der Waals surface area (Å²) in [4.78, 5) is 49.6. The van der Waals surface area contributed by atoms with Gasteiger partial charge in [0.2, 0.25) is 11.3 Å². The van der Waals surface area contributed by atoms with Crippen LogP contribution in [0.25, 0.3) is 0 Å². The van der Waals surface area contributed by atoms with Gasteiger partial charge in [-0.05, 0) is 0 Å². The molecule has 0 bridgehead atoms. The van der Waals surface area contributed by atoms with E-state index in [1.54, 1.807) is 0 Å². The van der Waals surface area contributed by atoms with Crippen molar-refractivity contribution in [1.29, 1.82) is 0 Å². The van der Waals surface area contributed by atoms with Gasteiger partial charge in [-0.25, -0.2) is 14.2 Å². The van der Waals surface area contributed by atoms with E-state index in [2.05, 4.69) is 4.52 Å². The van der Waals surface area contributed by atoms with Crippen molar-refractivity contribution in [3.05, 3.63) is 0 Å². The molecule has 13 heteroatoms. The van der Waals surface area contributed by atoms with Gasteiger partial charge in [0.15, 0.2) is 0 Å². The Morgan fingerprint density at radius 2 is 1.47 bits per heavy atom. The first-order valence-electron chi connectivity index (χ1n) is 4.29. The van der Waals surface area contributed by atoms with Gasteiger partial charge in [0, 0.05) is 0 Å². The number of carboxylic acid groups (broad SMARTS) is 3. The molecular formula is C6H11N2O10P. The highest BCUT2D eigenvalue weighted by atomic mass is 31.2. The second kappa shape index (κ2) is 5.21. The first kappa shape index (κ1) is 17.4. The van der Waals surface area contributed by atoms with Crippen molar-refractivity contribution in [1.82, 2.24) is 0 Å². The molecule has 19 heavy (non-hydrogen) atoms. The predicted octanol–water partition coefficient (Wildman–Crippen LogP) is -2.91. The Hall–Kier alpha value is -1.56. The lowest BCUT2D eigenvalue weighted by Crippen LogP contribution is -2.75. The van der Waals surface area contributed by atoms with Crippen LogP contribution in [0.15, 0.2) is 0 Å². The van der Waals surface area contributed by atoms with Crippen molar-refractivity contribution in [2.75, 3.05) is 0 Å². The van der Waals surface area contributed by atoms with Crippen LogP contribution in [0.4, 0.5) is 0 Å². The Morgan fingerprint density at radius 1 is 1.05 bits per heavy atom. The number of nitrogens with two attached hydrogens (primary N) is 2. The summed E-state index contributed by atoms with van der Waals surface area (Å²) < 4.78 is 14.5. The third-order valence-electron chi connectivity index (χ3n) is 2.04. The maximum absolute atomic E-state index is 11.0. The van der Waals surface area contributed by atoms with Gasteiger partial charge in [0.25, 0.3) is 0 Å². The van der Waals surface area contributed by atoms with Crippen molar-refractivity contribution < 1.29 is 48.6 Å². The average Bonchev–Trinajstić information content (AvgIpc) is 2.12. The van der Waals surface area contributed by atoms with Crippen LogP contribution in [-0.4, -0.2) is 54.3 Å². The summed E-state index contributed by atoms with van der Waals surface area (Å²) >= 11 is 0. The van der Waals surface area contributed by atoms with Crippen molar-refractivity contribution in [3.8, 4) is 0 Å². The van der Waals surface area contributed by atoms with Crippen LogP contribution in [0.5, 0.6) is 0 Å². The van der Waals surface area contributed by atoms with E-state index < -0.39 is 43.4 Å². The topological polar surface area (TPSA) is 231 Å². The molecule has 0 aromatic heterocycles. The summed E-state index contributed by atoms with van der Waals surface area (Å²) in [7, 11) is -5.60. The molecule has 0 aromatic rings. The Morgan fingerprint density at radius 3 is 1.68 bits per heavy atom. The van der Waals surface area contributed by atoms with Gasteiger partial charge in [-0.1, -0.05) is 0 Å². The number of carboxylic acids is 3. The van der Waals surface area contributed by atoms with Gasteiger partial charge < -0.3 is 36.6 Å². The molecule has 0 radical (unpaired) electrons. The number of rotatable bonds is 7. The van der Waals surface area contributed by atoms with Crippen LogP contribution in [0.2, 0.25) is 0 Å². The smallest absolute Gasteiger partial charge is 0.470 e. The quantitative estimate of drug-likeness (QED) is 0.185. The minimum atomic E-state index is -5.60. The number of phosphoric acid groups is 1. The van der Waals surface area contributed by atoms with E-state index in [0.717, 1.165) is 0 Å². The molecule has 12 nitrogen and oxygen atoms in total. The molecule has 110 valence electrons. The standard InChI is InChI=1S/C6H11N2O10P/c7-6(8,4(13)14)5(3(11)12,1-2(9)10)18-19(15,16)17/h1,7-8H2,(H,9,10)(H,11,12)(H,13,14)(H2,15,16,17). The molecule has 9 N–H and O–H groups in total. The first-order valence-corrected chi connectivity index (χ1v) is 5.82. The maximum atomic E-state index is 11.0. The third kappa shape index (κ3) is 3.70. The van der Waals surface area contributed by atoms with Gasteiger partial charge in [-0.2, -0.15) is 0 Å². The van der Waals surface area contributed by atoms with Gasteiger partial charge in [-0.3, -0.25) is 9.32 Å². The summed E-state index contributed by atoms with van der Waals surface area (Å²) in [5, 5.41) is 26.1. The number of hydrogen-bond acceptors (Lipinski definition) is 7. The fraction of sp³-hybridized carbons (Fsp3) is 0.500. The number of hydrogen-bond donors (Lipinski definition) is 7. The Balaban J connectivity index is 6.07. The van der Waals surface area contributed by atoms with Crippen molar-refractivity contribution in [2.24, 2.45) is 11.5 Å². The Bertz CT molecular complexity index is 455. The fourth-order valence-corrected chi connectivity index (χ4v) is 1.83. The molecule has 0 spiro atoms. The highest BCUT2D eigenvalue weighted by Crippen LogP contribution is 2.45. The van der Waals surface area contributed by atoms with E-state index in [0.29, 0.717) is 0 Å². The summed E-state index contributed by atoms with van der Waals surface area (Å²) in [5.41, 5.74) is 2.95. The monoisotopic (exact) mass is 302 g/mol. The van der Waals surface area contributed by atoms with Crippen LogP contribution < -0.4 is 11.5 Å². The van der Waals surface area contributed by atoms with Gasteiger partial charge in [0.1, 0.15) is 0 Å². The van der Waals surface area contributed by atoms with Crippen LogP contribution in [-0.2, 0) is 23.5 Å². The lowest BCUT2D eigenvalue weighted by molar-refractivity contribution is -0.179. The van der Waals surface area contributed by atoms with Gasteiger partial charge in [0.05, 0.1) is 6.42 Å². The largest absolute Gasteiger partial charge is 0.481 e. The molecule has 0 aliphatic rings. The maximum Gasteiger partial charge on any atom is 0.470 e. The zero-order valence-corrected chi connectivity index (χ0v) is 9.98. The minimum absolute atomic E-state index is 1.69. The van der Waals surface area contributed by atoms with E-state index in [4.69, 9.17) is 36.6 Å². The van der Waals surface area contributed by atoms with E-state index in [9.17, 15) is 18.9 Å². The SMILES string of the molecule is NC(N)(C(=O)O)C(CC(=O)O)(OP(=O)(O)O)C(=O)O. The Labute approximate surface area is 104 Å². The minimum Gasteiger partial charge on any atom is -0.481 e. The van der Waals surface area contributed by atoms with Crippen LogP contribution >= 0.6 is 7.82 Å². The molecular weight excluding hydrogens is 291 g/mol. The highest BCUT2D eigenvalue weighted by molar-refractivity contribution is 7.46. The molecule has 1 atom stereocenters. The molecule has 0 saturated heterocycles. The molecule has 0 heterocycles. The molecule has 0 saturated carbocycles. The second-order valence-electron chi connectivity index (χ2n) is 3.46. The summed E-state index contributed by atoms with van der Waals surface area (Å²) in [5.74, 6) is -6.53. The van der Waals surface area contributed by atoms with E-state index in [1.807, 2.05) is 0 Å². The number of phosphoric ester groups is 1. The molecule has 0 fully saturated rings. The molecule has 1 unspecified atom stereocenters. The predicted molar refractivity (Wildman–Crippen MR) is 54.5 cm³/mol. The normalized spacial score (nSPS) is 15.6. The fourth-order valence-electron chi connectivity index (χ4n) is 1.13. The lowest BCUT2D eigenvalue weighted by atomic mass is 9.85. The highest BCUT2D eigenvalue weighted by Gasteiger charge is 2.63. The molecule has 0 aliphatic carbocycles. The lowest BCUT2D eigenvalue weighted by Gasteiger charge is -2.37. The van der Waals surface area contributed by atoms with Crippen molar-refractivity contribution in [2.45, 2.75) is 17.7 Å². The summed E-state index contributed by atoms with van der Waals surface area (Å²) in [6.45, 7) is 0. The van der Waals surface area contributed by atoms with E-state index >= 15 is 0 Å². The first-order chi connectivity index (χ1) is 8.26. The van der Waals surface area contributed by atoms with Gasteiger partial charge in [-0.15, -0.1) is 0 Å². The molecule has 0 rings (SSSR count). The van der Waals surface area contributed by atoms with Crippen molar-refractivity contribution >= 4 is 25.7 Å². The summed E-state index contributed by atoms with van der Waals surface area (Å²) in [6.07, 6.45) is -1.69. The van der Waals surface area contributed by atoms with Crippen LogP contribution in [0.3, 0.4) is 0 Å². The van der Waals surface area contributed by atoms with Crippen LogP contribution in [0, 0.1) is 0 Å². The zero-order valence-electron chi connectivity index (χ0n) is 9.09.